The summed E-state index contributed by atoms with van der Waals surface area (Å²) in [6.07, 6.45) is 0. The van der Waals surface area contributed by atoms with Crippen LogP contribution in [-0.4, -0.2) is 17.7 Å². The highest BCUT2D eigenvalue weighted by atomic mass is 16.5. The quantitative estimate of drug-likeness (QED) is 0.778. The highest BCUT2D eigenvalue weighted by molar-refractivity contribution is 5.71. The van der Waals surface area contributed by atoms with Crippen LogP contribution in [0.5, 0.6) is 5.75 Å². The number of hydrogen-bond donors (Lipinski definition) is 1. The van der Waals surface area contributed by atoms with E-state index in [9.17, 15) is 4.79 Å². The number of para-hydroxylation sites is 1. The lowest BCUT2D eigenvalue weighted by Gasteiger charge is -2.12. The highest BCUT2D eigenvalue weighted by Gasteiger charge is 2.32. The lowest BCUT2D eigenvalue weighted by atomic mass is 9.89. The van der Waals surface area contributed by atoms with Crippen LogP contribution in [0.1, 0.15) is 18.4 Å². The fourth-order valence-electron chi connectivity index (χ4n) is 1.77. The first-order valence-corrected chi connectivity index (χ1v) is 4.64. The summed E-state index contributed by atoms with van der Waals surface area (Å²) in [6, 6.07) is 7.62. The molecule has 1 aliphatic rings. The van der Waals surface area contributed by atoms with Crippen LogP contribution in [0.3, 0.4) is 0 Å². The van der Waals surface area contributed by atoms with E-state index in [-0.39, 0.29) is 5.92 Å². The Kier molecular flexibility index (Phi) is 2.15. The van der Waals surface area contributed by atoms with Gasteiger partial charge in [0.25, 0.3) is 0 Å². The summed E-state index contributed by atoms with van der Waals surface area (Å²) in [4.78, 5) is 10.8. The van der Waals surface area contributed by atoms with Crippen LogP contribution in [0.15, 0.2) is 24.3 Å². The fraction of sp³-hybridized carbons (Fsp3) is 0.364. The molecule has 0 saturated carbocycles. The molecule has 3 nitrogen and oxygen atoms in total. The molecule has 14 heavy (non-hydrogen) atoms. The Labute approximate surface area is 82.3 Å². The summed E-state index contributed by atoms with van der Waals surface area (Å²) >= 11 is 0. The molecule has 2 atom stereocenters. The van der Waals surface area contributed by atoms with Crippen molar-refractivity contribution in [2.24, 2.45) is 5.92 Å². The van der Waals surface area contributed by atoms with Gasteiger partial charge in [-0.15, -0.1) is 0 Å². The van der Waals surface area contributed by atoms with Crippen molar-refractivity contribution < 1.29 is 14.6 Å². The predicted molar refractivity (Wildman–Crippen MR) is 51.5 cm³/mol. The summed E-state index contributed by atoms with van der Waals surface area (Å²) in [6.45, 7) is 2.20. The zero-order chi connectivity index (χ0) is 10.1. The maximum absolute atomic E-state index is 10.8. The Balaban J connectivity index is 2.30. The van der Waals surface area contributed by atoms with E-state index in [1.54, 1.807) is 6.92 Å². The Hall–Kier alpha value is -1.51. The molecule has 0 bridgehead atoms. The molecule has 1 aliphatic heterocycles. The SMILES string of the molecule is C[C@@H](C(=O)O)C1COc2ccccc21. The van der Waals surface area contributed by atoms with Crippen LogP contribution in [0, 0.1) is 5.92 Å². The second-order valence-corrected chi connectivity index (χ2v) is 3.58. The maximum atomic E-state index is 10.8. The van der Waals surface area contributed by atoms with Gasteiger partial charge in [0.2, 0.25) is 0 Å². The highest BCUT2D eigenvalue weighted by Crippen LogP contribution is 2.37. The molecule has 1 unspecified atom stereocenters. The number of carbonyl (C=O) groups is 1. The Morgan fingerprint density at radius 1 is 1.57 bits per heavy atom. The molecule has 1 aromatic rings. The largest absolute Gasteiger partial charge is 0.493 e. The summed E-state index contributed by atoms with van der Waals surface area (Å²) < 4.78 is 5.42. The minimum Gasteiger partial charge on any atom is -0.493 e. The van der Waals surface area contributed by atoms with Gasteiger partial charge in [0.05, 0.1) is 12.5 Å². The van der Waals surface area contributed by atoms with Gasteiger partial charge in [0, 0.05) is 11.5 Å². The van der Waals surface area contributed by atoms with Gasteiger partial charge >= 0.3 is 5.97 Å². The standard InChI is InChI=1S/C11H12O3/c1-7(11(12)13)9-6-14-10-5-3-2-4-8(9)10/h2-5,7,9H,6H2,1H3,(H,12,13)/t7-,9?/m1/s1. The predicted octanol–water partition coefficient (Wildman–Crippen LogP) is 1.88. The molecular weight excluding hydrogens is 180 g/mol. The summed E-state index contributed by atoms with van der Waals surface area (Å²) in [5.41, 5.74) is 1.02. The minimum absolute atomic E-state index is 0.0105. The van der Waals surface area contributed by atoms with E-state index in [0.29, 0.717) is 6.61 Å². The van der Waals surface area contributed by atoms with Gasteiger partial charge in [-0.2, -0.15) is 0 Å². The van der Waals surface area contributed by atoms with E-state index in [1.165, 1.54) is 0 Å². The molecule has 0 aromatic heterocycles. The van der Waals surface area contributed by atoms with E-state index in [0.717, 1.165) is 11.3 Å². The first-order chi connectivity index (χ1) is 6.70. The van der Waals surface area contributed by atoms with Gasteiger partial charge < -0.3 is 9.84 Å². The molecule has 2 rings (SSSR count). The normalized spacial score (nSPS) is 21.1. The third kappa shape index (κ3) is 1.35. The van der Waals surface area contributed by atoms with Crippen LogP contribution < -0.4 is 4.74 Å². The Morgan fingerprint density at radius 3 is 3.00 bits per heavy atom. The summed E-state index contributed by atoms with van der Waals surface area (Å²) in [5, 5.41) is 8.91. The third-order valence-corrected chi connectivity index (χ3v) is 2.73. The van der Waals surface area contributed by atoms with Gasteiger partial charge in [0.15, 0.2) is 0 Å². The van der Waals surface area contributed by atoms with Crippen LogP contribution in [0.2, 0.25) is 0 Å². The lowest BCUT2D eigenvalue weighted by molar-refractivity contribution is -0.142. The van der Waals surface area contributed by atoms with Crippen LogP contribution in [-0.2, 0) is 4.79 Å². The third-order valence-electron chi connectivity index (χ3n) is 2.73. The van der Waals surface area contributed by atoms with E-state index < -0.39 is 11.9 Å². The van der Waals surface area contributed by atoms with Crippen LogP contribution >= 0.6 is 0 Å². The maximum Gasteiger partial charge on any atom is 0.306 e. The average Bonchev–Trinajstić information content (AvgIpc) is 2.60. The molecule has 3 heteroatoms. The number of aliphatic carboxylic acids is 1. The lowest BCUT2D eigenvalue weighted by Crippen LogP contribution is -2.19. The molecule has 1 aromatic carbocycles. The number of carboxylic acid groups (broad SMARTS) is 1. The van der Waals surface area contributed by atoms with Crippen molar-refractivity contribution in [3.05, 3.63) is 29.8 Å². The first-order valence-electron chi connectivity index (χ1n) is 4.64. The Bertz CT molecular complexity index is 359. The van der Waals surface area contributed by atoms with Crippen molar-refractivity contribution >= 4 is 5.97 Å². The first kappa shape index (κ1) is 9.06. The summed E-state index contributed by atoms with van der Waals surface area (Å²) in [7, 11) is 0. The number of carboxylic acids is 1. The fourth-order valence-corrected chi connectivity index (χ4v) is 1.77. The zero-order valence-electron chi connectivity index (χ0n) is 7.93. The smallest absolute Gasteiger partial charge is 0.306 e. The summed E-state index contributed by atoms with van der Waals surface area (Å²) in [5.74, 6) is -0.344. The average molecular weight is 192 g/mol. The van der Waals surface area contributed by atoms with E-state index in [2.05, 4.69) is 0 Å². The molecule has 0 amide bonds. The molecule has 0 radical (unpaired) electrons. The van der Waals surface area contributed by atoms with Gasteiger partial charge in [-0.25, -0.2) is 0 Å². The molecule has 74 valence electrons. The number of ether oxygens (including phenoxy) is 1. The number of hydrogen-bond acceptors (Lipinski definition) is 2. The van der Waals surface area contributed by atoms with Crippen molar-refractivity contribution in [2.75, 3.05) is 6.61 Å². The molecule has 1 heterocycles. The van der Waals surface area contributed by atoms with Crippen molar-refractivity contribution in [1.29, 1.82) is 0 Å². The van der Waals surface area contributed by atoms with Crippen molar-refractivity contribution in [3.8, 4) is 5.75 Å². The second-order valence-electron chi connectivity index (χ2n) is 3.58. The van der Waals surface area contributed by atoms with E-state index in [4.69, 9.17) is 9.84 Å². The topological polar surface area (TPSA) is 46.5 Å². The zero-order valence-corrected chi connectivity index (χ0v) is 7.93. The number of fused-ring (bicyclic) bond motifs is 1. The van der Waals surface area contributed by atoms with E-state index >= 15 is 0 Å². The monoisotopic (exact) mass is 192 g/mol. The molecule has 0 fully saturated rings. The van der Waals surface area contributed by atoms with Crippen LogP contribution in [0.4, 0.5) is 0 Å². The van der Waals surface area contributed by atoms with Crippen molar-refractivity contribution in [2.45, 2.75) is 12.8 Å². The number of benzene rings is 1. The van der Waals surface area contributed by atoms with Crippen molar-refractivity contribution in [3.63, 3.8) is 0 Å². The molecule has 0 aliphatic carbocycles. The second kappa shape index (κ2) is 3.33. The minimum atomic E-state index is -0.768. The Morgan fingerprint density at radius 2 is 2.29 bits per heavy atom. The van der Waals surface area contributed by atoms with Gasteiger partial charge in [-0.05, 0) is 6.07 Å². The van der Waals surface area contributed by atoms with Crippen LogP contribution in [0.25, 0.3) is 0 Å². The number of rotatable bonds is 2. The van der Waals surface area contributed by atoms with Gasteiger partial charge in [-0.3, -0.25) is 4.79 Å². The van der Waals surface area contributed by atoms with Crippen molar-refractivity contribution in [1.82, 2.24) is 0 Å². The molecule has 0 saturated heterocycles. The van der Waals surface area contributed by atoms with E-state index in [1.807, 2.05) is 24.3 Å². The molecule has 0 spiro atoms. The van der Waals surface area contributed by atoms with Gasteiger partial charge in [-0.1, -0.05) is 25.1 Å². The molecule has 1 N–H and O–H groups in total. The molecular formula is C11H12O3. The van der Waals surface area contributed by atoms with Gasteiger partial charge in [0.1, 0.15) is 5.75 Å².